The third-order valence-corrected chi connectivity index (χ3v) is 5.59. The van der Waals surface area contributed by atoms with Crippen LogP contribution >= 0.6 is 11.8 Å². The molecular formula is C24H22N4O2S. The van der Waals surface area contributed by atoms with E-state index in [1.165, 1.54) is 11.8 Å². The Bertz CT molecular complexity index is 1100. The molecule has 0 aliphatic rings. The highest BCUT2D eigenvalue weighted by molar-refractivity contribution is 7.98. The van der Waals surface area contributed by atoms with Gasteiger partial charge in [-0.25, -0.2) is 4.98 Å². The minimum atomic E-state index is 0.344. The average Bonchev–Trinajstić information content (AvgIpc) is 2.82. The van der Waals surface area contributed by atoms with Gasteiger partial charge in [0.2, 0.25) is 0 Å². The molecule has 0 unspecified atom stereocenters. The lowest BCUT2D eigenvalue weighted by atomic mass is 9.96. The van der Waals surface area contributed by atoms with Crippen molar-refractivity contribution in [3.8, 4) is 29.0 Å². The van der Waals surface area contributed by atoms with E-state index < -0.39 is 0 Å². The number of pyridine rings is 1. The van der Waals surface area contributed by atoms with Gasteiger partial charge in [-0.3, -0.25) is 0 Å². The summed E-state index contributed by atoms with van der Waals surface area (Å²) >= 11 is 1.48. The number of aromatic nitrogens is 1. The molecule has 0 atom stereocenters. The maximum Gasteiger partial charge on any atom is 0.145 e. The van der Waals surface area contributed by atoms with Crippen molar-refractivity contribution in [3.05, 3.63) is 71.3 Å². The van der Waals surface area contributed by atoms with Crippen molar-refractivity contribution in [2.24, 2.45) is 0 Å². The molecule has 1 heterocycles. The van der Waals surface area contributed by atoms with Crippen LogP contribution in [0.2, 0.25) is 0 Å². The van der Waals surface area contributed by atoms with E-state index in [9.17, 15) is 10.5 Å². The lowest BCUT2D eigenvalue weighted by Gasteiger charge is -2.15. The number of thioether (sulfide) groups is 1. The van der Waals surface area contributed by atoms with Crippen LogP contribution in [0.3, 0.4) is 0 Å². The number of anilines is 1. The standard InChI is InChI=1S/C24H22N4O2S/c1-27-23-20(14-25)22(18-8-10-19(11-9-18)30-13-12-29-2)21(15-26)24(28-23)31-16-17-6-4-3-5-7-17/h3-11H,12-13,16H2,1-2H3,(H,27,28). The number of hydrogen-bond donors (Lipinski definition) is 1. The first-order valence-corrected chi connectivity index (χ1v) is 10.6. The molecule has 0 bridgehead atoms. The van der Waals surface area contributed by atoms with Gasteiger partial charge in [0.05, 0.1) is 12.2 Å². The molecular weight excluding hydrogens is 408 g/mol. The molecule has 3 aromatic rings. The third kappa shape index (κ3) is 5.35. The van der Waals surface area contributed by atoms with Crippen LogP contribution in [0.25, 0.3) is 11.1 Å². The largest absolute Gasteiger partial charge is 0.491 e. The van der Waals surface area contributed by atoms with Gasteiger partial charge in [0.1, 0.15) is 40.9 Å². The van der Waals surface area contributed by atoms with Gasteiger partial charge >= 0.3 is 0 Å². The zero-order valence-corrected chi connectivity index (χ0v) is 18.2. The van der Waals surface area contributed by atoms with Crippen LogP contribution in [0, 0.1) is 22.7 Å². The lowest BCUT2D eigenvalue weighted by Crippen LogP contribution is -2.05. The molecule has 31 heavy (non-hydrogen) atoms. The van der Waals surface area contributed by atoms with Crippen molar-refractivity contribution < 1.29 is 9.47 Å². The molecule has 0 radical (unpaired) electrons. The van der Waals surface area contributed by atoms with Crippen LogP contribution in [0.4, 0.5) is 5.82 Å². The molecule has 2 aromatic carbocycles. The molecule has 0 aliphatic heterocycles. The molecule has 0 saturated carbocycles. The monoisotopic (exact) mass is 430 g/mol. The summed E-state index contributed by atoms with van der Waals surface area (Å²) in [5.41, 5.74) is 3.20. The van der Waals surface area contributed by atoms with E-state index >= 15 is 0 Å². The zero-order chi connectivity index (χ0) is 22.1. The van der Waals surface area contributed by atoms with Crippen molar-refractivity contribution in [2.75, 3.05) is 32.7 Å². The Hall–Kier alpha value is -3.52. The summed E-state index contributed by atoms with van der Waals surface area (Å²) in [5, 5.41) is 23.4. The number of hydrogen-bond acceptors (Lipinski definition) is 7. The Morgan fingerprint density at radius 2 is 1.68 bits per heavy atom. The first-order chi connectivity index (χ1) is 15.2. The number of ether oxygens (including phenoxy) is 2. The highest BCUT2D eigenvalue weighted by atomic mass is 32.2. The van der Waals surface area contributed by atoms with Gasteiger partial charge in [-0.2, -0.15) is 10.5 Å². The average molecular weight is 431 g/mol. The van der Waals surface area contributed by atoms with Crippen molar-refractivity contribution in [3.63, 3.8) is 0 Å². The van der Waals surface area contributed by atoms with Crippen molar-refractivity contribution in [1.29, 1.82) is 10.5 Å². The van der Waals surface area contributed by atoms with Crippen LogP contribution in [0.5, 0.6) is 5.75 Å². The zero-order valence-electron chi connectivity index (χ0n) is 17.4. The van der Waals surface area contributed by atoms with Crippen LogP contribution in [0.15, 0.2) is 59.6 Å². The summed E-state index contributed by atoms with van der Waals surface area (Å²) in [6.45, 7) is 0.943. The molecule has 0 fully saturated rings. The summed E-state index contributed by atoms with van der Waals surface area (Å²) in [5.74, 6) is 1.82. The smallest absolute Gasteiger partial charge is 0.145 e. The molecule has 156 valence electrons. The van der Waals surface area contributed by atoms with Gasteiger partial charge in [-0.1, -0.05) is 42.5 Å². The predicted molar refractivity (Wildman–Crippen MR) is 122 cm³/mol. The van der Waals surface area contributed by atoms with Crippen molar-refractivity contribution >= 4 is 17.6 Å². The second-order valence-electron chi connectivity index (χ2n) is 6.50. The first kappa shape index (κ1) is 22.2. The summed E-state index contributed by atoms with van der Waals surface area (Å²) in [7, 11) is 3.34. The maximum absolute atomic E-state index is 9.97. The molecule has 6 nitrogen and oxygen atoms in total. The molecule has 1 aromatic heterocycles. The number of rotatable bonds is 9. The third-order valence-electron chi connectivity index (χ3n) is 4.54. The Labute approximate surface area is 186 Å². The van der Waals surface area contributed by atoms with Crippen molar-refractivity contribution in [1.82, 2.24) is 4.98 Å². The van der Waals surface area contributed by atoms with Gasteiger partial charge in [-0.05, 0) is 23.3 Å². The summed E-state index contributed by atoms with van der Waals surface area (Å²) < 4.78 is 10.6. The fourth-order valence-corrected chi connectivity index (χ4v) is 3.98. The van der Waals surface area contributed by atoms with Crippen LogP contribution in [-0.4, -0.2) is 32.4 Å². The molecule has 0 aliphatic carbocycles. The van der Waals surface area contributed by atoms with Crippen molar-refractivity contribution in [2.45, 2.75) is 10.8 Å². The number of benzene rings is 2. The van der Waals surface area contributed by atoms with Crippen LogP contribution in [0.1, 0.15) is 16.7 Å². The molecule has 3 rings (SSSR count). The fourth-order valence-electron chi connectivity index (χ4n) is 3.04. The second kappa shape index (κ2) is 11.0. The first-order valence-electron chi connectivity index (χ1n) is 9.66. The number of nitriles is 2. The van der Waals surface area contributed by atoms with E-state index in [4.69, 9.17) is 9.47 Å². The molecule has 0 spiro atoms. The summed E-state index contributed by atoms with van der Waals surface area (Å²) in [6.07, 6.45) is 0. The van der Waals surface area contributed by atoms with Gasteiger partial charge in [0.15, 0.2) is 0 Å². The van der Waals surface area contributed by atoms with Crippen LogP contribution < -0.4 is 10.1 Å². The minimum absolute atomic E-state index is 0.344. The molecule has 0 amide bonds. The number of nitrogens with one attached hydrogen (secondary N) is 1. The Balaban J connectivity index is 2.01. The van der Waals surface area contributed by atoms with E-state index in [0.717, 1.165) is 11.1 Å². The van der Waals surface area contributed by atoms with E-state index in [1.807, 2.05) is 54.6 Å². The Kier molecular flexibility index (Phi) is 7.89. The van der Waals surface area contributed by atoms with Gasteiger partial charge in [0.25, 0.3) is 0 Å². The van der Waals surface area contributed by atoms with Gasteiger partial charge in [-0.15, -0.1) is 11.8 Å². The SMILES string of the molecule is CNc1nc(SCc2ccccc2)c(C#N)c(-c2ccc(OCCOC)cc2)c1C#N. The van der Waals surface area contributed by atoms with E-state index in [2.05, 4.69) is 22.4 Å². The molecule has 7 heteroatoms. The highest BCUT2D eigenvalue weighted by Crippen LogP contribution is 2.37. The van der Waals surface area contributed by atoms with E-state index in [1.54, 1.807) is 14.2 Å². The normalized spacial score (nSPS) is 10.2. The van der Waals surface area contributed by atoms with Gasteiger partial charge < -0.3 is 14.8 Å². The van der Waals surface area contributed by atoms with Crippen LogP contribution in [-0.2, 0) is 10.5 Å². The Morgan fingerprint density at radius 3 is 2.29 bits per heavy atom. The van der Waals surface area contributed by atoms with Gasteiger partial charge in [0, 0.05) is 25.5 Å². The topological polar surface area (TPSA) is 91.0 Å². The molecule has 0 saturated heterocycles. The highest BCUT2D eigenvalue weighted by Gasteiger charge is 2.21. The number of nitrogens with zero attached hydrogens (tertiary/aromatic N) is 3. The summed E-state index contributed by atoms with van der Waals surface area (Å²) in [6, 6.07) is 21.8. The summed E-state index contributed by atoms with van der Waals surface area (Å²) in [4.78, 5) is 4.57. The Morgan fingerprint density at radius 1 is 0.968 bits per heavy atom. The maximum atomic E-state index is 9.97. The lowest BCUT2D eigenvalue weighted by molar-refractivity contribution is 0.146. The quantitative estimate of drug-likeness (QED) is 0.383. The predicted octanol–water partition coefficient (Wildman–Crippen LogP) is 4.85. The number of methoxy groups -OCH3 is 1. The minimum Gasteiger partial charge on any atom is -0.491 e. The molecule has 1 N–H and O–H groups in total. The van der Waals surface area contributed by atoms with E-state index in [0.29, 0.717) is 52.3 Å². The second-order valence-corrected chi connectivity index (χ2v) is 7.47. The van der Waals surface area contributed by atoms with E-state index in [-0.39, 0.29) is 0 Å². The fraction of sp³-hybridized carbons (Fsp3) is 0.208.